The van der Waals surface area contributed by atoms with Gasteiger partial charge in [0.05, 0.1) is 17.4 Å². The van der Waals surface area contributed by atoms with Crippen molar-refractivity contribution in [1.82, 2.24) is 4.72 Å². The Bertz CT molecular complexity index is 926. The number of ether oxygens (including phenoxy) is 1. The molecule has 2 N–H and O–H groups in total. The lowest BCUT2D eigenvalue weighted by Gasteiger charge is -2.32. The molecule has 0 aliphatic rings. The molecule has 1 aromatic heterocycles. The monoisotopic (exact) mass is 491 g/mol. The molecule has 33 heavy (non-hydrogen) atoms. The Morgan fingerprint density at radius 2 is 1.82 bits per heavy atom. The molecular weight excluding hydrogens is 450 g/mol. The van der Waals surface area contributed by atoms with E-state index in [-0.39, 0.29) is 29.4 Å². The fraction of sp³-hybridized carbons (Fsp3) is 0.593. The van der Waals surface area contributed by atoms with Crippen LogP contribution in [0.25, 0.3) is 0 Å². The minimum Gasteiger partial charge on any atom is -0.468 e. The topological polar surface area (TPSA) is 58.6 Å². The maximum Gasteiger partial charge on any atom is 0.320 e. The lowest BCUT2D eigenvalue weighted by atomic mass is 9.73. The lowest BCUT2D eigenvalue weighted by Crippen LogP contribution is -2.26. The first-order valence-corrected chi connectivity index (χ1v) is 13.5. The van der Waals surface area contributed by atoms with E-state index in [0.29, 0.717) is 0 Å². The Morgan fingerprint density at radius 3 is 2.36 bits per heavy atom. The van der Waals surface area contributed by atoms with Crippen LogP contribution >= 0.6 is 23.3 Å². The third-order valence-electron chi connectivity index (χ3n) is 6.74. The van der Waals surface area contributed by atoms with E-state index in [1.54, 1.807) is 0 Å². The molecule has 0 aliphatic carbocycles. The zero-order valence-electron chi connectivity index (χ0n) is 21.5. The van der Waals surface area contributed by atoms with Crippen LogP contribution in [0.5, 0.6) is 0 Å². The average Bonchev–Trinajstić information content (AvgIpc) is 3.14. The van der Waals surface area contributed by atoms with Gasteiger partial charge < -0.3 is 9.84 Å². The van der Waals surface area contributed by atoms with Crippen molar-refractivity contribution < 1.29 is 14.6 Å². The molecule has 1 aromatic carbocycles. The van der Waals surface area contributed by atoms with E-state index in [1.165, 1.54) is 50.4 Å². The Labute approximate surface area is 208 Å². The third kappa shape index (κ3) is 6.84. The highest BCUT2D eigenvalue weighted by Crippen LogP contribution is 2.45. The summed E-state index contributed by atoms with van der Waals surface area (Å²) in [5.74, 6) is -0.265. The Hall–Kier alpha value is -1.34. The number of methoxy groups -OCH3 is 1. The normalized spacial score (nSPS) is 13.2. The molecule has 1 atom stereocenters. The molecule has 184 valence electrons. The first-order valence-electron chi connectivity index (χ1n) is 11.8. The van der Waals surface area contributed by atoms with Crippen molar-refractivity contribution in [2.75, 3.05) is 13.7 Å². The minimum absolute atomic E-state index is 0.0369. The van der Waals surface area contributed by atoms with E-state index in [2.05, 4.69) is 77.5 Å². The van der Waals surface area contributed by atoms with Gasteiger partial charge in [-0.1, -0.05) is 52.8 Å². The zero-order valence-corrected chi connectivity index (χ0v) is 23.1. The third-order valence-corrected chi connectivity index (χ3v) is 9.27. The van der Waals surface area contributed by atoms with E-state index in [4.69, 9.17) is 4.74 Å². The van der Waals surface area contributed by atoms with Crippen LogP contribution in [0.15, 0.2) is 28.5 Å². The van der Waals surface area contributed by atoms with Crippen LogP contribution in [-0.2, 0) is 21.4 Å². The molecule has 6 heteroatoms. The number of carbonyl (C=O) groups is 1. The minimum atomic E-state index is -0.306. The number of thiophene rings is 1. The van der Waals surface area contributed by atoms with Crippen LogP contribution in [0.3, 0.4) is 0 Å². The Morgan fingerprint density at radius 1 is 1.15 bits per heavy atom. The molecule has 2 aromatic rings. The number of hydrogen-bond acceptors (Lipinski definition) is 6. The molecule has 0 saturated carbocycles. The van der Waals surface area contributed by atoms with Crippen LogP contribution in [0.2, 0.25) is 0 Å². The van der Waals surface area contributed by atoms with Crippen LogP contribution in [0, 0.1) is 19.3 Å². The van der Waals surface area contributed by atoms with Gasteiger partial charge in [0.25, 0.3) is 0 Å². The number of aliphatic hydroxyl groups excluding tert-OH is 1. The van der Waals surface area contributed by atoms with Crippen molar-refractivity contribution in [3.05, 3.63) is 51.4 Å². The number of esters is 1. The fourth-order valence-corrected chi connectivity index (χ4v) is 6.59. The van der Waals surface area contributed by atoms with E-state index in [0.717, 1.165) is 25.7 Å². The van der Waals surface area contributed by atoms with Crippen LogP contribution in [-0.4, -0.2) is 30.8 Å². The summed E-state index contributed by atoms with van der Waals surface area (Å²) in [6.07, 6.45) is 3.40. The van der Waals surface area contributed by atoms with Gasteiger partial charge in [0.15, 0.2) is 0 Å². The Balaban J connectivity index is 2.27. The second kappa shape index (κ2) is 11.9. The van der Waals surface area contributed by atoms with Gasteiger partial charge in [-0.3, -0.25) is 4.79 Å². The van der Waals surface area contributed by atoms with Crippen molar-refractivity contribution in [3.8, 4) is 0 Å². The van der Waals surface area contributed by atoms with Crippen LogP contribution in [0.1, 0.15) is 81.0 Å². The molecule has 0 amide bonds. The molecule has 0 fully saturated rings. The van der Waals surface area contributed by atoms with Gasteiger partial charge in [0, 0.05) is 10.3 Å². The van der Waals surface area contributed by atoms with Gasteiger partial charge in [0.2, 0.25) is 0 Å². The summed E-state index contributed by atoms with van der Waals surface area (Å²) in [4.78, 5) is 12.8. The molecule has 0 spiro atoms. The number of benzene rings is 1. The van der Waals surface area contributed by atoms with Crippen molar-refractivity contribution >= 4 is 29.3 Å². The SMILES string of the molecule is CCC(CC)(c1ccc(CCC(O)C(C)(C)C)c(C)c1)c1cc(C)c(SNCC(=O)OC)s1. The molecule has 2 rings (SSSR count). The van der Waals surface area contributed by atoms with Crippen molar-refractivity contribution in [3.63, 3.8) is 0 Å². The quantitative estimate of drug-likeness (QED) is 0.275. The number of nitrogens with one attached hydrogen (secondary N) is 1. The number of aliphatic hydroxyl groups is 1. The van der Waals surface area contributed by atoms with Crippen LogP contribution in [0.4, 0.5) is 0 Å². The summed E-state index contributed by atoms with van der Waals surface area (Å²) in [5, 5.41) is 10.4. The van der Waals surface area contributed by atoms with Gasteiger partial charge in [-0.25, -0.2) is 4.72 Å². The Kier molecular flexibility index (Phi) is 10.0. The number of hydrogen-bond donors (Lipinski definition) is 2. The van der Waals surface area contributed by atoms with Gasteiger partial charge in [-0.15, -0.1) is 11.3 Å². The molecule has 1 heterocycles. The molecule has 0 radical (unpaired) electrons. The van der Waals surface area contributed by atoms with Crippen molar-refractivity contribution in [2.45, 2.75) is 89.9 Å². The van der Waals surface area contributed by atoms with Gasteiger partial charge in [-0.05, 0) is 85.2 Å². The summed E-state index contributed by atoms with van der Waals surface area (Å²) in [6, 6.07) is 9.20. The molecule has 0 bridgehead atoms. The maximum atomic E-state index is 11.4. The summed E-state index contributed by atoms with van der Waals surface area (Å²) >= 11 is 3.32. The summed E-state index contributed by atoms with van der Waals surface area (Å²) in [7, 11) is 1.40. The smallest absolute Gasteiger partial charge is 0.320 e. The summed E-state index contributed by atoms with van der Waals surface area (Å²) in [5.41, 5.74) is 5.06. The molecule has 0 saturated heterocycles. The highest BCUT2D eigenvalue weighted by molar-refractivity contribution is 7.99. The number of aryl methyl sites for hydroxylation is 3. The predicted molar refractivity (Wildman–Crippen MR) is 141 cm³/mol. The zero-order chi connectivity index (χ0) is 24.8. The van der Waals surface area contributed by atoms with Gasteiger partial charge in [-0.2, -0.15) is 0 Å². The molecule has 1 unspecified atom stereocenters. The van der Waals surface area contributed by atoms with Crippen molar-refractivity contribution in [1.29, 1.82) is 0 Å². The fourth-order valence-electron chi connectivity index (χ4n) is 4.18. The number of rotatable bonds is 11. The largest absolute Gasteiger partial charge is 0.468 e. The van der Waals surface area contributed by atoms with Crippen LogP contribution < -0.4 is 4.72 Å². The van der Waals surface area contributed by atoms with E-state index < -0.39 is 0 Å². The predicted octanol–water partition coefficient (Wildman–Crippen LogP) is 6.58. The first kappa shape index (κ1) is 27.9. The van der Waals surface area contributed by atoms with Gasteiger partial charge >= 0.3 is 5.97 Å². The van der Waals surface area contributed by atoms with Crippen molar-refractivity contribution in [2.24, 2.45) is 5.41 Å². The standard InChI is InChI=1S/C27H41NO3S2/c1-9-27(10-2,23-16-19(4)25(32-23)33-28-17-24(30)31-8)21-13-11-20(18(3)15-21)12-14-22(29)26(5,6)7/h11,13,15-16,22,28-29H,9-10,12,14,17H2,1-8H3. The lowest BCUT2D eigenvalue weighted by molar-refractivity contribution is -0.139. The molecule has 4 nitrogen and oxygen atoms in total. The van der Waals surface area contributed by atoms with E-state index in [9.17, 15) is 9.90 Å². The summed E-state index contributed by atoms with van der Waals surface area (Å²) in [6.45, 7) is 15.3. The second-order valence-corrected chi connectivity index (χ2v) is 12.1. The maximum absolute atomic E-state index is 11.4. The van der Waals surface area contributed by atoms with Gasteiger partial charge in [0.1, 0.15) is 6.54 Å². The first-order chi connectivity index (χ1) is 15.5. The molecular formula is C27H41NO3S2. The molecule has 0 aliphatic heterocycles. The average molecular weight is 492 g/mol. The van der Waals surface area contributed by atoms with E-state index >= 15 is 0 Å². The summed E-state index contributed by atoms with van der Waals surface area (Å²) < 4.78 is 9.01. The highest BCUT2D eigenvalue weighted by Gasteiger charge is 2.33. The second-order valence-electron chi connectivity index (χ2n) is 9.93. The van der Waals surface area contributed by atoms with E-state index in [1.807, 2.05) is 11.3 Å². The number of carbonyl (C=O) groups excluding carboxylic acids is 1. The highest BCUT2D eigenvalue weighted by atomic mass is 32.2.